The number of methoxy groups -OCH3 is 1. The molecule has 0 saturated carbocycles. The highest BCUT2D eigenvalue weighted by atomic mass is 19.1. The fourth-order valence-electron chi connectivity index (χ4n) is 2.55. The number of amides is 1. The van der Waals surface area contributed by atoms with E-state index >= 15 is 0 Å². The Kier molecular flexibility index (Phi) is 5.26. The van der Waals surface area contributed by atoms with E-state index in [0.717, 1.165) is 17.0 Å². The molecule has 26 heavy (non-hydrogen) atoms. The summed E-state index contributed by atoms with van der Waals surface area (Å²) in [5, 5.41) is 9.74. The highest BCUT2D eigenvalue weighted by molar-refractivity contribution is 5.91. The number of H-pyrrole nitrogens is 1. The molecule has 0 atom stereocenters. The van der Waals surface area contributed by atoms with Crippen LogP contribution in [-0.2, 0) is 11.2 Å². The third-order valence-corrected chi connectivity index (χ3v) is 3.86. The predicted molar refractivity (Wildman–Crippen MR) is 96.5 cm³/mol. The Morgan fingerprint density at radius 1 is 1.27 bits per heavy atom. The summed E-state index contributed by atoms with van der Waals surface area (Å²) in [7, 11) is 1.42. The summed E-state index contributed by atoms with van der Waals surface area (Å²) in [6, 6.07) is 12.0. The van der Waals surface area contributed by atoms with Crippen molar-refractivity contribution in [3.63, 3.8) is 0 Å². The molecule has 0 radical (unpaired) electrons. The smallest absolute Gasteiger partial charge is 0.224 e. The fraction of sp³-hybridized carbons (Fsp3) is 0.211. The Hall–Kier alpha value is -3.22. The number of anilines is 1. The van der Waals surface area contributed by atoms with Gasteiger partial charge in [0.05, 0.1) is 7.11 Å². The van der Waals surface area contributed by atoms with Gasteiger partial charge in [0.2, 0.25) is 5.91 Å². The van der Waals surface area contributed by atoms with E-state index in [1.807, 2.05) is 25.1 Å². The molecule has 7 heteroatoms. The van der Waals surface area contributed by atoms with Crippen LogP contribution in [0.5, 0.6) is 5.75 Å². The molecule has 2 aromatic carbocycles. The number of rotatable bonds is 6. The summed E-state index contributed by atoms with van der Waals surface area (Å²) in [6.07, 6.45) is 0.683. The Balaban J connectivity index is 1.60. The van der Waals surface area contributed by atoms with Crippen LogP contribution in [0.1, 0.15) is 17.8 Å². The van der Waals surface area contributed by atoms with Gasteiger partial charge in [-0.2, -0.15) is 5.10 Å². The first kappa shape index (κ1) is 17.6. The summed E-state index contributed by atoms with van der Waals surface area (Å²) in [6.45, 7) is 1.82. The van der Waals surface area contributed by atoms with Crippen LogP contribution in [0.4, 0.5) is 10.1 Å². The third-order valence-electron chi connectivity index (χ3n) is 3.86. The van der Waals surface area contributed by atoms with Gasteiger partial charge in [0.1, 0.15) is 5.82 Å². The van der Waals surface area contributed by atoms with E-state index in [-0.39, 0.29) is 18.1 Å². The van der Waals surface area contributed by atoms with Crippen LogP contribution < -0.4 is 10.1 Å². The molecule has 0 aliphatic rings. The van der Waals surface area contributed by atoms with Crippen molar-refractivity contribution in [3.8, 4) is 17.1 Å². The van der Waals surface area contributed by atoms with Gasteiger partial charge in [-0.15, -0.1) is 0 Å². The van der Waals surface area contributed by atoms with E-state index in [0.29, 0.717) is 17.9 Å². The monoisotopic (exact) mass is 354 g/mol. The molecule has 134 valence electrons. The van der Waals surface area contributed by atoms with Gasteiger partial charge in [0.15, 0.2) is 17.4 Å². The van der Waals surface area contributed by atoms with Gasteiger partial charge >= 0.3 is 0 Å². The van der Waals surface area contributed by atoms with Gasteiger partial charge in [-0.1, -0.05) is 18.2 Å². The molecule has 1 heterocycles. The zero-order valence-corrected chi connectivity index (χ0v) is 14.5. The van der Waals surface area contributed by atoms with E-state index in [9.17, 15) is 9.18 Å². The number of ether oxygens (including phenoxy) is 1. The number of nitrogens with zero attached hydrogens (tertiary/aromatic N) is 2. The molecule has 1 amide bonds. The minimum absolute atomic E-state index is 0.149. The van der Waals surface area contributed by atoms with Crippen LogP contribution in [0.15, 0.2) is 42.5 Å². The van der Waals surface area contributed by atoms with Gasteiger partial charge in [-0.25, -0.2) is 9.37 Å². The Labute approximate surface area is 150 Å². The lowest BCUT2D eigenvalue weighted by molar-refractivity contribution is -0.116. The summed E-state index contributed by atoms with van der Waals surface area (Å²) in [5.41, 5.74) is 2.21. The largest absolute Gasteiger partial charge is 0.494 e. The number of carbonyl (C=O) groups excluding carboxylic acids is 1. The lowest BCUT2D eigenvalue weighted by atomic mass is 10.1. The average molecular weight is 354 g/mol. The van der Waals surface area contributed by atoms with Gasteiger partial charge in [-0.05, 0) is 43.2 Å². The zero-order valence-electron chi connectivity index (χ0n) is 14.5. The maximum absolute atomic E-state index is 13.7. The van der Waals surface area contributed by atoms with Gasteiger partial charge < -0.3 is 10.1 Å². The number of carbonyl (C=O) groups is 1. The van der Waals surface area contributed by atoms with Crippen molar-refractivity contribution in [1.29, 1.82) is 0 Å². The third kappa shape index (κ3) is 4.24. The molecule has 1 aromatic heterocycles. The number of benzene rings is 2. The van der Waals surface area contributed by atoms with Crippen LogP contribution in [0.2, 0.25) is 0 Å². The number of aryl methyl sites for hydroxylation is 2. The molecule has 0 aliphatic carbocycles. The van der Waals surface area contributed by atoms with Crippen LogP contribution in [0, 0.1) is 12.7 Å². The fourth-order valence-corrected chi connectivity index (χ4v) is 2.55. The van der Waals surface area contributed by atoms with Crippen LogP contribution in [-0.4, -0.2) is 28.2 Å². The minimum atomic E-state index is -0.431. The molecule has 0 aliphatic heterocycles. The zero-order chi connectivity index (χ0) is 18.5. The van der Waals surface area contributed by atoms with Crippen LogP contribution in [0.25, 0.3) is 11.4 Å². The number of hydrogen-bond donors (Lipinski definition) is 2. The summed E-state index contributed by atoms with van der Waals surface area (Å²) >= 11 is 0. The lowest BCUT2D eigenvalue weighted by Crippen LogP contribution is -2.12. The molecule has 0 fully saturated rings. The highest BCUT2D eigenvalue weighted by Crippen LogP contribution is 2.20. The van der Waals surface area contributed by atoms with Crippen molar-refractivity contribution in [3.05, 3.63) is 59.7 Å². The number of nitrogens with one attached hydrogen (secondary N) is 2. The van der Waals surface area contributed by atoms with Gasteiger partial charge in [0, 0.05) is 17.7 Å². The summed E-state index contributed by atoms with van der Waals surface area (Å²) in [4.78, 5) is 16.5. The maximum Gasteiger partial charge on any atom is 0.224 e. The average Bonchev–Trinajstić information content (AvgIpc) is 3.07. The molecule has 6 nitrogen and oxygen atoms in total. The molecule has 0 saturated heterocycles. The van der Waals surface area contributed by atoms with Crippen LogP contribution >= 0.6 is 0 Å². The summed E-state index contributed by atoms with van der Waals surface area (Å²) < 4.78 is 18.6. The lowest BCUT2D eigenvalue weighted by Gasteiger charge is -2.07. The van der Waals surface area contributed by atoms with E-state index < -0.39 is 5.82 Å². The van der Waals surface area contributed by atoms with E-state index in [1.165, 1.54) is 13.2 Å². The van der Waals surface area contributed by atoms with Gasteiger partial charge in [-0.3, -0.25) is 9.89 Å². The predicted octanol–water partition coefficient (Wildman–Crippen LogP) is 3.50. The Bertz CT molecular complexity index is 923. The normalized spacial score (nSPS) is 10.6. The van der Waals surface area contributed by atoms with Crippen molar-refractivity contribution in [1.82, 2.24) is 15.2 Å². The number of halogens is 1. The van der Waals surface area contributed by atoms with E-state index in [1.54, 1.807) is 18.2 Å². The molecular weight excluding hydrogens is 335 g/mol. The number of aromatic nitrogens is 3. The first-order chi connectivity index (χ1) is 12.5. The van der Waals surface area contributed by atoms with Crippen molar-refractivity contribution >= 4 is 11.6 Å². The highest BCUT2D eigenvalue weighted by Gasteiger charge is 2.09. The van der Waals surface area contributed by atoms with Crippen molar-refractivity contribution in [2.24, 2.45) is 0 Å². The quantitative estimate of drug-likeness (QED) is 0.710. The summed E-state index contributed by atoms with van der Waals surface area (Å²) in [5.74, 6) is 0.912. The second kappa shape index (κ2) is 7.77. The maximum atomic E-state index is 13.7. The van der Waals surface area contributed by atoms with Crippen molar-refractivity contribution < 1.29 is 13.9 Å². The molecule has 3 rings (SSSR count). The van der Waals surface area contributed by atoms with Gasteiger partial charge in [0.25, 0.3) is 0 Å². The molecule has 0 unspecified atom stereocenters. The number of aromatic amines is 1. The topological polar surface area (TPSA) is 79.9 Å². The Morgan fingerprint density at radius 2 is 2.12 bits per heavy atom. The minimum Gasteiger partial charge on any atom is -0.494 e. The molecule has 3 aromatic rings. The van der Waals surface area contributed by atoms with Crippen molar-refractivity contribution in [2.45, 2.75) is 19.8 Å². The first-order valence-corrected chi connectivity index (χ1v) is 8.17. The van der Waals surface area contributed by atoms with Crippen LogP contribution in [0.3, 0.4) is 0 Å². The number of hydrogen-bond acceptors (Lipinski definition) is 4. The second-order valence-corrected chi connectivity index (χ2v) is 5.84. The Morgan fingerprint density at radius 3 is 2.81 bits per heavy atom. The molecular formula is C19H19FN4O2. The standard InChI is InChI=1S/C19H19FN4O2/c1-12-21-19(24-23-12)14-4-3-5-15(11-14)22-18(25)9-7-13-6-8-17(26-2)16(20)10-13/h3-6,8,10-11H,7,9H2,1-2H3,(H,22,25)(H,21,23,24). The van der Waals surface area contributed by atoms with Crippen molar-refractivity contribution in [2.75, 3.05) is 12.4 Å². The van der Waals surface area contributed by atoms with E-state index in [2.05, 4.69) is 20.5 Å². The SMILES string of the molecule is COc1ccc(CCC(=O)Nc2cccc(-c3n[nH]c(C)n3)c2)cc1F. The second-order valence-electron chi connectivity index (χ2n) is 5.84. The molecule has 0 bridgehead atoms. The molecule has 0 spiro atoms. The van der Waals surface area contributed by atoms with E-state index in [4.69, 9.17) is 4.74 Å². The first-order valence-electron chi connectivity index (χ1n) is 8.17. The molecule has 2 N–H and O–H groups in total.